The van der Waals surface area contributed by atoms with Crippen LogP contribution in [-0.4, -0.2) is 78.7 Å². The first kappa shape index (κ1) is 27.7. The van der Waals surface area contributed by atoms with Crippen LogP contribution in [0.25, 0.3) is 0 Å². The molecule has 2 aromatic carbocycles. The van der Waals surface area contributed by atoms with Gasteiger partial charge in [0.1, 0.15) is 5.75 Å². The molecule has 39 heavy (non-hydrogen) atoms. The molecule has 2 aromatic rings. The molecule has 2 saturated heterocycles. The van der Waals surface area contributed by atoms with Gasteiger partial charge in [0.25, 0.3) is 5.91 Å². The Hall–Kier alpha value is -4.28. The van der Waals surface area contributed by atoms with E-state index in [1.165, 1.54) is 7.11 Å². The molecular weight excluding hydrogens is 502 g/mol. The lowest BCUT2D eigenvalue weighted by Crippen LogP contribution is -2.48. The number of benzene rings is 2. The second-order valence-electron chi connectivity index (χ2n) is 10.0. The number of para-hydroxylation sites is 1. The van der Waals surface area contributed by atoms with Crippen molar-refractivity contribution >= 4 is 35.3 Å². The summed E-state index contributed by atoms with van der Waals surface area (Å²) in [6, 6.07) is 11.7. The summed E-state index contributed by atoms with van der Waals surface area (Å²) in [7, 11) is 1.48. The van der Waals surface area contributed by atoms with Crippen molar-refractivity contribution in [1.82, 2.24) is 15.1 Å². The Labute approximate surface area is 227 Å². The maximum atomic E-state index is 13.2. The minimum absolute atomic E-state index is 0.103. The summed E-state index contributed by atoms with van der Waals surface area (Å²) >= 11 is 0. The summed E-state index contributed by atoms with van der Waals surface area (Å²) in [5.74, 6) is -1.08. The number of urea groups is 2. The number of methoxy groups -OCH3 is 1. The molecule has 2 aliphatic rings. The number of carboxylic acids is 1. The van der Waals surface area contributed by atoms with E-state index in [9.17, 15) is 24.3 Å². The number of hydrogen-bond donors (Lipinski definition) is 4. The first-order valence-electron chi connectivity index (χ1n) is 13.1. The van der Waals surface area contributed by atoms with E-state index in [1.54, 1.807) is 28.0 Å². The molecule has 2 atom stereocenters. The molecule has 2 unspecified atom stereocenters. The molecular formula is C28H35N5O6. The highest BCUT2D eigenvalue weighted by Crippen LogP contribution is 2.28. The van der Waals surface area contributed by atoms with Crippen LogP contribution in [0.3, 0.4) is 0 Å². The Balaban J connectivity index is 1.29. The fourth-order valence-corrected chi connectivity index (χ4v) is 4.99. The molecule has 0 aliphatic carbocycles. The maximum absolute atomic E-state index is 13.2. The standard InChI is InChI=1S/C28H35N5O6/c1-18-6-3-4-8-22(18)30-27(37)31-23-10-9-20(14-24(23)39-2)25(34)32-13-11-19(16-32)15-29-28(38)33-12-5-7-21(17-33)26(35)36/h3-4,6,8-10,14,19,21H,5,7,11-13,15-17H2,1-2H3,(H,29,38)(H,35,36)(H2,30,31,37). The van der Waals surface area contributed by atoms with E-state index >= 15 is 0 Å². The topological polar surface area (TPSA) is 140 Å². The van der Waals surface area contributed by atoms with Crippen molar-refractivity contribution in [2.24, 2.45) is 11.8 Å². The third-order valence-electron chi connectivity index (χ3n) is 7.26. The number of amides is 5. The first-order valence-corrected chi connectivity index (χ1v) is 13.1. The fraction of sp³-hybridized carbons (Fsp3) is 0.429. The largest absolute Gasteiger partial charge is 0.495 e. The van der Waals surface area contributed by atoms with Crippen molar-refractivity contribution in [3.8, 4) is 5.75 Å². The summed E-state index contributed by atoms with van der Waals surface area (Å²) < 4.78 is 5.44. The average molecular weight is 538 g/mol. The van der Waals surface area contributed by atoms with Crippen molar-refractivity contribution in [3.05, 3.63) is 53.6 Å². The van der Waals surface area contributed by atoms with Gasteiger partial charge in [-0.15, -0.1) is 0 Å². The van der Waals surface area contributed by atoms with Gasteiger partial charge in [0.15, 0.2) is 0 Å². The minimum atomic E-state index is -0.872. The third-order valence-corrected chi connectivity index (χ3v) is 7.26. The number of aliphatic carboxylic acids is 1. The molecule has 2 fully saturated rings. The summed E-state index contributed by atoms with van der Waals surface area (Å²) in [5, 5.41) is 17.7. The smallest absolute Gasteiger partial charge is 0.323 e. The zero-order chi connectivity index (χ0) is 27.9. The fourth-order valence-electron chi connectivity index (χ4n) is 4.99. The molecule has 2 heterocycles. The highest BCUT2D eigenvalue weighted by molar-refractivity contribution is 6.02. The zero-order valence-electron chi connectivity index (χ0n) is 22.2. The molecule has 4 N–H and O–H groups in total. The number of carbonyl (C=O) groups excluding carboxylic acids is 3. The number of piperidine rings is 1. The molecule has 11 nitrogen and oxygen atoms in total. The van der Waals surface area contributed by atoms with Crippen LogP contribution < -0.4 is 20.7 Å². The van der Waals surface area contributed by atoms with Gasteiger partial charge in [-0.1, -0.05) is 18.2 Å². The summed E-state index contributed by atoms with van der Waals surface area (Å²) in [6.45, 7) is 4.14. The Morgan fingerprint density at radius 3 is 2.49 bits per heavy atom. The molecule has 0 saturated carbocycles. The van der Waals surface area contributed by atoms with Crippen LogP contribution in [-0.2, 0) is 4.79 Å². The van der Waals surface area contributed by atoms with E-state index < -0.39 is 17.9 Å². The van der Waals surface area contributed by atoms with Gasteiger partial charge in [0, 0.05) is 44.0 Å². The van der Waals surface area contributed by atoms with Gasteiger partial charge in [-0.2, -0.15) is 0 Å². The number of carbonyl (C=O) groups is 4. The molecule has 0 radical (unpaired) electrons. The number of aryl methyl sites for hydroxylation is 1. The van der Waals surface area contributed by atoms with E-state index in [2.05, 4.69) is 16.0 Å². The van der Waals surface area contributed by atoms with E-state index in [-0.39, 0.29) is 24.4 Å². The van der Waals surface area contributed by atoms with Gasteiger partial charge < -0.3 is 35.6 Å². The monoisotopic (exact) mass is 537 g/mol. The summed E-state index contributed by atoms with van der Waals surface area (Å²) in [5.41, 5.74) is 2.50. The number of anilines is 2. The van der Waals surface area contributed by atoms with Gasteiger partial charge in [-0.3, -0.25) is 9.59 Å². The Kier molecular flexibility index (Phi) is 8.90. The number of carboxylic acid groups (broad SMARTS) is 1. The summed E-state index contributed by atoms with van der Waals surface area (Å²) in [6.07, 6.45) is 2.01. The predicted molar refractivity (Wildman–Crippen MR) is 146 cm³/mol. The molecule has 4 rings (SSSR count). The van der Waals surface area contributed by atoms with Crippen LogP contribution in [0.2, 0.25) is 0 Å². The Morgan fingerprint density at radius 2 is 1.74 bits per heavy atom. The van der Waals surface area contributed by atoms with Crippen molar-refractivity contribution < 1.29 is 29.0 Å². The molecule has 0 bridgehead atoms. The van der Waals surface area contributed by atoms with Crippen molar-refractivity contribution in [2.45, 2.75) is 26.2 Å². The van der Waals surface area contributed by atoms with Gasteiger partial charge >= 0.3 is 18.0 Å². The molecule has 2 aliphatic heterocycles. The number of rotatable bonds is 7. The predicted octanol–water partition coefficient (Wildman–Crippen LogP) is 3.62. The number of nitrogens with zero attached hydrogens (tertiary/aromatic N) is 2. The normalized spacial score (nSPS) is 18.8. The highest BCUT2D eigenvalue weighted by Gasteiger charge is 2.30. The number of nitrogens with one attached hydrogen (secondary N) is 3. The van der Waals surface area contributed by atoms with E-state index in [4.69, 9.17) is 4.74 Å². The van der Waals surface area contributed by atoms with Crippen LogP contribution in [0.4, 0.5) is 21.0 Å². The van der Waals surface area contributed by atoms with Crippen LogP contribution in [0.15, 0.2) is 42.5 Å². The number of hydrogen-bond acceptors (Lipinski definition) is 5. The highest BCUT2D eigenvalue weighted by atomic mass is 16.5. The SMILES string of the molecule is COc1cc(C(=O)N2CCC(CNC(=O)N3CCCC(C(=O)O)C3)C2)ccc1NC(=O)Nc1ccccc1C. The molecule has 5 amide bonds. The van der Waals surface area contributed by atoms with Gasteiger partial charge in [0.2, 0.25) is 0 Å². The van der Waals surface area contributed by atoms with Crippen molar-refractivity contribution in [1.29, 1.82) is 0 Å². The van der Waals surface area contributed by atoms with Crippen LogP contribution in [0.5, 0.6) is 5.75 Å². The lowest BCUT2D eigenvalue weighted by Gasteiger charge is -2.31. The van der Waals surface area contributed by atoms with Gasteiger partial charge in [0.05, 0.1) is 18.7 Å². The van der Waals surface area contributed by atoms with Gasteiger partial charge in [-0.05, 0) is 61.9 Å². The van der Waals surface area contributed by atoms with Crippen LogP contribution in [0.1, 0.15) is 35.2 Å². The van der Waals surface area contributed by atoms with Crippen molar-refractivity contribution in [2.75, 3.05) is 50.5 Å². The molecule has 208 valence electrons. The Bertz CT molecular complexity index is 1230. The molecule has 0 aromatic heterocycles. The van der Waals surface area contributed by atoms with E-state index in [0.29, 0.717) is 61.7 Å². The average Bonchev–Trinajstić information content (AvgIpc) is 3.42. The lowest BCUT2D eigenvalue weighted by atomic mass is 9.99. The summed E-state index contributed by atoms with van der Waals surface area (Å²) in [4.78, 5) is 52.8. The van der Waals surface area contributed by atoms with Crippen LogP contribution in [0, 0.1) is 18.8 Å². The minimum Gasteiger partial charge on any atom is -0.495 e. The number of ether oxygens (including phenoxy) is 1. The first-order chi connectivity index (χ1) is 18.7. The van der Waals surface area contributed by atoms with Crippen molar-refractivity contribution in [3.63, 3.8) is 0 Å². The van der Waals surface area contributed by atoms with Crippen LogP contribution >= 0.6 is 0 Å². The van der Waals surface area contributed by atoms with E-state index in [0.717, 1.165) is 12.0 Å². The second kappa shape index (κ2) is 12.5. The third kappa shape index (κ3) is 6.98. The van der Waals surface area contributed by atoms with E-state index in [1.807, 2.05) is 31.2 Å². The lowest BCUT2D eigenvalue weighted by molar-refractivity contribution is -0.143. The quantitative estimate of drug-likeness (QED) is 0.425. The zero-order valence-corrected chi connectivity index (χ0v) is 22.2. The second-order valence-corrected chi connectivity index (χ2v) is 10.0. The maximum Gasteiger partial charge on any atom is 0.323 e. The molecule has 11 heteroatoms. The number of likely N-dealkylation sites (tertiary alicyclic amines) is 2. The Morgan fingerprint density at radius 1 is 0.974 bits per heavy atom. The molecule has 0 spiro atoms. The van der Waals surface area contributed by atoms with Gasteiger partial charge in [-0.25, -0.2) is 9.59 Å².